The molecule has 4 N–H and O–H groups in total. The molecule has 0 unspecified atom stereocenters. The predicted molar refractivity (Wildman–Crippen MR) is 434 cm³/mol. The summed E-state index contributed by atoms with van der Waals surface area (Å²) in [5.74, 6) is -5.57. The molecule has 0 saturated carbocycles. The van der Waals surface area contributed by atoms with Crippen LogP contribution in [0, 0.1) is 0 Å². The number of esters is 2. The second-order valence-corrected chi connectivity index (χ2v) is 30.7. The zero-order chi connectivity index (χ0) is 79.5. The van der Waals surface area contributed by atoms with Crippen molar-refractivity contribution in [2.75, 3.05) is 86.8 Å². The van der Waals surface area contributed by atoms with Crippen molar-refractivity contribution in [2.45, 2.75) is 126 Å². The Labute approximate surface area is 695 Å². The van der Waals surface area contributed by atoms with Gasteiger partial charge in [-0.2, -0.15) is 0 Å². The number of carbonyl (C=O) groups excluding carboxylic acids is 7. The Morgan fingerprint density at radius 1 is 0.625 bits per heavy atom. The van der Waals surface area contributed by atoms with Gasteiger partial charge < -0.3 is 72.7 Å². The molecule has 0 spiro atoms. The van der Waals surface area contributed by atoms with Gasteiger partial charge in [-0.25, -0.2) is 19.6 Å². The summed E-state index contributed by atoms with van der Waals surface area (Å²) in [5, 5.41) is 47.0. The average molecular weight is 1930 g/mol. The van der Waals surface area contributed by atoms with Gasteiger partial charge in [0, 0.05) is 113 Å². The molecule has 3 aliphatic heterocycles. The number of Topliss-reactive ketones (excluding diaryl/α,β-unsaturated/α-hetero) is 2. The van der Waals surface area contributed by atoms with Crippen LogP contribution in [0.3, 0.4) is 0 Å². The number of morpholine rings is 1. The zero-order valence-corrected chi connectivity index (χ0v) is 70.9. The third-order valence-corrected chi connectivity index (χ3v) is 23.8. The van der Waals surface area contributed by atoms with Gasteiger partial charge in [0.05, 0.1) is 129 Å². The molecule has 8 aromatic rings. The van der Waals surface area contributed by atoms with Gasteiger partial charge in [0.1, 0.15) is 29.0 Å². The molecule has 0 radical (unpaired) electrons. The predicted octanol–water partition coefficient (Wildman–Crippen LogP) is 13.3. The number of amides is 1. The average Bonchev–Trinajstić information content (AvgIpc) is 0.804. The highest BCUT2D eigenvalue weighted by Crippen LogP contribution is 2.53. The standard InChI is InChI=1S/C57H66Br2N2O18.C24H16Br4N2O3/c1-31-53-40(61-12-15-76-55(71-3)54(61)79-53)25-44(77-31)78-43-27-57(69,26-39-46(43)52(67)48-47(50(39)65)49(64)38-6-4-8-42(70-2)45(38)51(48)66)56(68)60-30-37(62)11-14-73-17-19-75-21-20-74-18-16-72-13-5-7-41(63)33-10-9-32-22-35(28-58)36(29-59)24-34(32)23-33;25-9-17-5-13-1-2-14(6-16(13)7-18(17)10-26)23(31)33-24(32)15-3-4-19-20(8-15)30-22(12-28)21(11-27)29-19/h4,6,8-10,22-24,31,40,43-44,53-55,65,67,69H,5,7,11-21,25-30H2,1-3H3,(H,60,68);1-8H,9-12H2/t31-,40-,43-,44-,53+,54+,55-,57-;/m0./s1. The Balaban J connectivity index is 0.000000293. The maximum absolute atomic E-state index is 14.2. The number of aromatic nitrogens is 2. The first-order valence-corrected chi connectivity index (χ1v) is 43.0. The third-order valence-electron chi connectivity index (χ3n) is 20.3. The number of alkyl halides is 6. The molecule has 8 atom stereocenters. The van der Waals surface area contributed by atoms with Crippen LogP contribution < -0.4 is 10.1 Å². The Morgan fingerprint density at radius 3 is 1.81 bits per heavy atom. The summed E-state index contributed by atoms with van der Waals surface area (Å²) in [6, 6.07) is 28.5. The molecule has 112 heavy (non-hydrogen) atoms. The number of methoxy groups -OCH3 is 2. The van der Waals surface area contributed by atoms with E-state index in [0.717, 1.165) is 54.5 Å². The number of rotatable bonds is 32. The molecular weight excluding hydrogens is 1840 g/mol. The summed E-state index contributed by atoms with van der Waals surface area (Å²) >= 11 is 20.9. The maximum atomic E-state index is 14.2. The molecule has 3 saturated heterocycles. The molecule has 1 amide bonds. The first-order valence-electron chi connectivity index (χ1n) is 36.3. The molecular formula is C81H82Br6N4O21. The lowest BCUT2D eigenvalue weighted by molar-refractivity contribution is -0.256. The number of fused-ring (bicyclic) bond motifs is 9. The van der Waals surface area contributed by atoms with E-state index in [0.29, 0.717) is 97.2 Å². The lowest BCUT2D eigenvalue weighted by Crippen LogP contribution is -2.55. The summed E-state index contributed by atoms with van der Waals surface area (Å²) in [4.78, 5) is 105. The fourth-order valence-corrected chi connectivity index (χ4v) is 17.6. The minimum atomic E-state index is -2.36. The van der Waals surface area contributed by atoms with Gasteiger partial charge >= 0.3 is 11.9 Å². The first-order chi connectivity index (χ1) is 54.2. The molecule has 0 bridgehead atoms. The number of benzene rings is 7. The van der Waals surface area contributed by atoms with E-state index >= 15 is 0 Å². The van der Waals surface area contributed by atoms with Crippen LogP contribution in [0.2, 0.25) is 0 Å². The third kappa shape index (κ3) is 19.0. The number of ketones is 4. The van der Waals surface area contributed by atoms with Crippen LogP contribution >= 0.6 is 95.6 Å². The maximum Gasteiger partial charge on any atom is 0.346 e. The second kappa shape index (κ2) is 39.0. The number of nitrogens with zero attached hydrogens (tertiary/aromatic N) is 3. The van der Waals surface area contributed by atoms with E-state index in [1.165, 1.54) is 49.1 Å². The number of aromatic hydroxyl groups is 2. The van der Waals surface area contributed by atoms with Crippen LogP contribution in [-0.4, -0.2) is 201 Å². The Morgan fingerprint density at radius 2 is 1.20 bits per heavy atom. The van der Waals surface area contributed by atoms with E-state index in [4.69, 9.17) is 52.1 Å². The number of nitrogens with one attached hydrogen (secondary N) is 1. The van der Waals surface area contributed by atoms with E-state index in [-0.39, 0.29) is 84.2 Å². The Bertz CT molecular complexity index is 4780. The lowest BCUT2D eigenvalue weighted by atomic mass is 9.72. The largest absolute Gasteiger partial charge is 0.507 e. The van der Waals surface area contributed by atoms with Crippen molar-refractivity contribution in [1.29, 1.82) is 0 Å². The Kier molecular flexibility index (Phi) is 29.6. The molecule has 4 heterocycles. The van der Waals surface area contributed by atoms with E-state index < -0.39 is 114 Å². The van der Waals surface area contributed by atoms with Gasteiger partial charge in [-0.1, -0.05) is 138 Å². The van der Waals surface area contributed by atoms with Gasteiger partial charge in [-0.05, 0) is 112 Å². The monoisotopic (exact) mass is 1920 g/mol. The molecule has 1 aromatic heterocycles. The second-order valence-electron chi connectivity index (χ2n) is 27.3. The molecule has 25 nitrogen and oxygen atoms in total. The minimum Gasteiger partial charge on any atom is -0.507 e. The number of hydrogen-bond donors (Lipinski definition) is 4. The van der Waals surface area contributed by atoms with Crippen LogP contribution in [-0.2, 0) is 95.4 Å². The number of halogens is 6. The van der Waals surface area contributed by atoms with Crippen molar-refractivity contribution in [3.8, 4) is 17.2 Å². The van der Waals surface area contributed by atoms with Gasteiger partial charge in [0.15, 0.2) is 36.2 Å². The highest BCUT2D eigenvalue weighted by molar-refractivity contribution is 9.09. The van der Waals surface area contributed by atoms with Gasteiger partial charge in [0.25, 0.3) is 5.91 Å². The topological polar surface area (TPSA) is 323 Å². The van der Waals surface area contributed by atoms with Crippen molar-refractivity contribution in [2.24, 2.45) is 0 Å². The van der Waals surface area contributed by atoms with E-state index in [1.807, 2.05) is 37.3 Å². The van der Waals surface area contributed by atoms with E-state index in [2.05, 4.69) is 134 Å². The summed E-state index contributed by atoms with van der Waals surface area (Å²) in [6.45, 7) is 4.58. The van der Waals surface area contributed by atoms with E-state index in [9.17, 15) is 48.9 Å². The summed E-state index contributed by atoms with van der Waals surface area (Å²) < 4.78 is 63.5. The van der Waals surface area contributed by atoms with Gasteiger partial charge in [-0.15, -0.1) is 0 Å². The van der Waals surface area contributed by atoms with Crippen molar-refractivity contribution >= 4 is 169 Å². The summed E-state index contributed by atoms with van der Waals surface area (Å²) in [5.41, 5.74) is 5.00. The molecule has 5 aliphatic rings. The van der Waals surface area contributed by atoms with Crippen LogP contribution in [0.1, 0.15) is 153 Å². The van der Waals surface area contributed by atoms with Crippen molar-refractivity contribution in [3.63, 3.8) is 0 Å². The minimum absolute atomic E-state index is 0.0357. The van der Waals surface area contributed by atoms with Crippen LogP contribution in [0.25, 0.3) is 32.6 Å². The van der Waals surface area contributed by atoms with Crippen LogP contribution in [0.15, 0.2) is 97.1 Å². The molecule has 31 heteroatoms. The summed E-state index contributed by atoms with van der Waals surface area (Å²) in [6.07, 6.45) is -4.44. The van der Waals surface area contributed by atoms with Gasteiger partial charge in [0.2, 0.25) is 5.78 Å². The smallest absolute Gasteiger partial charge is 0.346 e. The molecule has 13 rings (SSSR count). The van der Waals surface area contributed by atoms with Crippen molar-refractivity contribution in [3.05, 3.63) is 181 Å². The number of phenols is 2. The number of phenolic OH excluding ortho intramolecular Hbond substituents is 2. The van der Waals surface area contributed by atoms with E-state index in [1.54, 1.807) is 30.3 Å². The fraction of sp³-hybridized carbons (Fsp3) is 0.420. The molecule has 3 fully saturated rings. The van der Waals surface area contributed by atoms with Gasteiger partial charge in [-0.3, -0.25) is 28.9 Å². The normalized spacial score (nSPS) is 20.5. The van der Waals surface area contributed by atoms with Crippen molar-refractivity contribution < 1.29 is 101 Å². The molecule has 2 aliphatic carbocycles. The number of hydrogen-bond acceptors (Lipinski definition) is 24. The quantitative estimate of drug-likeness (QED) is 0.00760. The molecule has 7 aromatic carbocycles. The number of ether oxygens (including phenoxy) is 11. The lowest BCUT2D eigenvalue weighted by Gasteiger charge is -2.43. The zero-order valence-electron chi connectivity index (χ0n) is 61.3. The first kappa shape index (κ1) is 84.9. The SMILES string of the molecule is COc1cccc2c1C(=O)c1c(O)c3c(c(O)c1C2=O)C[C@@](O)(C(=O)NCC(=O)CCOCCOCCOCCOCCCC(=O)c1ccc2cc(CBr)c(CBr)cc2c1)C[C@@H]3O[C@H]1C[C@H]2[C@H](O[C@@H]3[C@@H](OC)OCCN32)[C@H](C)O1.O=C(OC(=O)c1ccc2nc(CBr)c(CBr)nc2c1)c1ccc2cc(CBr)c(CBr)cc2c1. The fourth-order valence-electron chi connectivity index (χ4n) is 14.6. The Hall–Kier alpha value is -6.47. The van der Waals surface area contributed by atoms with Crippen molar-refractivity contribution in [1.82, 2.24) is 20.2 Å². The summed E-state index contributed by atoms with van der Waals surface area (Å²) in [7, 11) is 2.87. The highest BCUT2D eigenvalue weighted by Gasteiger charge is 2.55. The highest BCUT2D eigenvalue weighted by atomic mass is 79.9. The van der Waals surface area contributed by atoms with Crippen LogP contribution in [0.4, 0.5) is 0 Å². The van der Waals surface area contributed by atoms with Crippen LogP contribution in [0.5, 0.6) is 17.2 Å². The number of carbonyl (C=O) groups is 7. The number of aliphatic hydroxyl groups is 1. The molecule has 594 valence electrons.